The summed E-state index contributed by atoms with van der Waals surface area (Å²) in [6.45, 7) is 14.6. The van der Waals surface area contributed by atoms with Gasteiger partial charge in [0.05, 0.1) is 44.2 Å². The molecular formula is C54H92O23. The van der Waals surface area contributed by atoms with E-state index < -0.39 is 178 Å². The molecule has 4 saturated carbocycles. The molecule has 0 radical (unpaired) electrons. The van der Waals surface area contributed by atoms with Crippen molar-refractivity contribution in [1.29, 1.82) is 0 Å². The smallest absolute Gasteiger partial charge is 0.187 e. The van der Waals surface area contributed by atoms with Gasteiger partial charge in [0, 0.05) is 0 Å². The highest BCUT2D eigenvalue weighted by molar-refractivity contribution is 5.20. The molecule has 0 aromatic heterocycles. The fraction of sp³-hybridized carbons (Fsp3) is 0.963. The zero-order valence-corrected chi connectivity index (χ0v) is 45.8. The third kappa shape index (κ3) is 10.9. The number of rotatable bonds is 16. The standard InChI is InChI=1S/C54H92O23/c1-23(2)10-9-14-54(8,77-48-44(69)40(65)37(62)29(74-48)22-70-46-42(67)38(63)34(59)26(19-55)71-46)24-11-16-53(7)33(24)25(58)18-31-51(5)15-13-32(50(3,4)30(51)12-17-52(31,53)6)75-49-45(41(66)36(61)28(21-57)73-49)76-47-43(68)39(64)35(60)27(20-56)72-47/h10,24-49,55-69H,9,11-22H2,1-8H3/t24?,25-,26-,27-,28-,29-,30?,31?,32+,33?,34-,35-,36-,37-,38+,39+,40+,41+,42-,43-,44-,45-,46-,47+,48+,49+,51+,52-,53-,54+/m1/s1. The van der Waals surface area contributed by atoms with E-state index in [4.69, 9.17) is 37.9 Å². The van der Waals surface area contributed by atoms with Crippen molar-refractivity contribution in [1.82, 2.24) is 0 Å². The van der Waals surface area contributed by atoms with Gasteiger partial charge in [0.15, 0.2) is 25.2 Å². The number of aliphatic hydroxyl groups excluding tert-OH is 15. The fourth-order valence-electron chi connectivity index (χ4n) is 16.3. The predicted molar refractivity (Wildman–Crippen MR) is 266 cm³/mol. The lowest BCUT2D eigenvalue weighted by atomic mass is 9.35. The van der Waals surface area contributed by atoms with Crippen LogP contribution < -0.4 is 0 Å². The molecule has 15 N–H and O–H groups in total. The van der Waals surface area contributed by atoms with Crippen LogP contribution in [0.4, 0.5) is 0 Å². The number of aliphatic hydroxyl groups is 15. The molecule has 4 aliphatic heterocycles. The van der Waals surface area contributed by atoms with Crippen LogP contribution in [-0.4, -0.2) is 244 Å². The molecule has 0 bridgehead atoms. The Bertz CT molecular complexity index is 1990. The average molecular weight is 1110 g/mol. The van der Waals surface area contributed by atoms with Crippen molar-refractivity contribution < 1.29 is 114 Å². The van der Waals surface area contributed by atoms with Crippen LogP contribution >= 0.6 is 0 Å². The fourth-order valence-corrected chi connectivity index (χ4v) is 16.3. The van der Waals surface area contributed by atoms with E-state index in [0.717, 1.165) is 24.8 Å². The average Bonchev–Trinajstić information content (AvgIpc) is 3.96. The van der Waals surface area contributed by atoms with E-state index in [9.17, 15) is 76.6 Å². The molecule has 0 spiro atoms. The molecule has 4 saturated heterocycles. The van der Waals surface area contributed by atoms with Gasteiger partial charge in [-0.3, -0.25) is 0 Å². The van der Waals surface area contributed by atoms with Crippen LogP contribution in [0, 0.1) is 45.3 Å². The third-order valence-electron chi connectivity index (χ3n) is 20.9. The molecule has 0 amide bonds. The van der Waals surface area contributed by atoms with Crippen LogP contribution in [0.2, 0.25) is 0 Å². The van der Waals surface area contributed by atoms with Crippen LogP contribution in [0.1, 0.15) is 113 Å². The van der Waals surface area contributed by atoms with E-state index in [-0.39, 0.29) is 34.5 Å². The maximum atomic E-state index is 12.8. The van der Waals surface area contributed by atoms with Crippen LogP contribution in [-0.2, 0) is 37.9 Å². The monoisotopic (exact) mass is 1110 g/mol. The third-order valence-corrected chi connectivity index (χ3v) is 20.9. The quantitative estimate of drug-likeness (QED) is 0.0576. The van der Waals surface area contributed by atoms with Gasteiger partial charge in [-0.1, -0.05) is 46.3 Å². The number of hydrogen-bond donors (Lipinski definition) is 15. The first kappa shape index (κ1) is 61.9. The summed E-state index contributed by atoms with van der Waals surface area (Å²) in [6.07, 6.45) is -25.2. The van der Waals surface area contributed by atoms with Gasteiger partial charge in [0.1, 0.15) is 97.7 Å². The number of fused-ring (bicyclic) bond motifs is 5. The minimum atomic E-state index is -1.82. The highest BCUT2D eigenvalue weighted by Crippen LogP contribution is 2.76. The molecular weight excluding hydrogens is 1020 g/mol. The van der Waals surface area contributed by atoms with Crippen LogP contribution in [0.5, 0.6) is 0 Å². The van der Waals surface area contributed by atoms with E-state index in [0.29, 0.717) is 38.5 Å². The molecule has 23 heteroatoms. The lowest BCUT2D eigenvalue weighted by Gasteiger charge is -2.71. The van der Waals surface area contributed by atoms with E-state index >= 15 is 0 Å². The van der Waals surface area contributed by atoms with E-state index in [2.05, 4.69) is 40.7 Å². The van der Waals surface area contributed by atoms with E-state index in [1.165, 1.54) is 0 Å². The van der Waals surface area contributed by atoms with E-state index in [1.807, 2.05) is 20.8 Å². The van der Waals surface area contributed by atoms with Crippen molar-refractivity contribution >= 4 is 0 Å². The normalized spacial score (nSPS) is 52.7. The molecule has 30 atom stereocenters. The summed E-state index contributed by atoms with van der Waals surface area (Å²) in [6, 6.07) is 0. The predicted octanol–water partition coefficient (Wildman–Crippen LogP) is -2.20. The Balaban J connectivity index is 1.01. The summed E-state index contributed by atoms with van der Waals surface area (Å²) in [5, 5.41) is 162. The van der Waals surface area contributed by atoms with E-state index in [1.54, 1.807) is 0 Å². The second kappa shape index (κ2) is 23.5. The Morgan fingerprint density at radius 3 is 1.64 bits per heavy atom. The van der Waals surface area contributed by atoms with Gasteiger partial charge in [-0.25, -0.2) is 0 Å². The highest BCUT2D eigenvalue weighted by Gasteiger charge is 2.72. The summed E-state index contributed by atoms with van der Waals surface area (Å²) in [4.78, 5) is 0. The van der Waals surface area contributed by atoms with Gasteiger partial charge in [-0.15, -0.1) is 0 Å². The lowest BCUT2D eigenvalue weighted by Crippen LogP contribution is -2.68. The van der Waals surface area contributed by atoms with Crippen LogP contribution in [0.25, 0.3) is 0 Å². The van der Waals surface area contributed by atoms with Gasteiger partial charge in [-0.05, 0) is 124 Å². The number of ether oxygens (including phenoxy) is 8. The SMILES string of the molecule is CC(C)=CCC[C@](C)(O[C@@H]1O[C@H](CO[C@@H]2O[C@H](CO)[C@@H](O)[C@H](O)[C@H]2O)[C@@H](O)[C@H](O)[C@H]1O)C1CC[C@]2(C)C1[C@H](O)CC1[C@@]3(C)CC[C@H](O[C@@H]4O[C@H](CO)[C@@H](O)[C@H](O)[C@H]4O[C@@H]4O[C@H](CO)[C@@H](O)[C@H](O)[C@H]4O)C(C)(C)C3CC[C@]12C. The zero-order valence-electron chi connectivity index (χ0n) is 45.8. The molecule has 8 rings (SSSR count). The molecule has 4 heterocycles. The van der Waals surface area contributed by atoms with Crippen LogP contribution in [0.15, 0.2) is 11.6 Å². The topological polar surface area (TPSA) is 377 Å². The van der Waals surface area contributed by atoms with Crippen LogP contribution in [0.3, 0.4) is 0 Å². The molecule has 0 aromatic rings. The first-order valence-electron chi connectivity index (χ1n) is 27.9. The summed E-state index contributed by atoms with van der Waals surface area (Å²) in [7, 11) is 0. The first-order chi connectivity index (χ1) is 36.0. The summed E-state index contributed by atoms with van der Waals surface area (Å²) < 4.78 is 48.9. The molecule has 77 heavy (non-hydrogen) atoms. The molecule has 4 aliphatic carbocycles. The molecule has 446 valence electrons. The molecule has 8 fully saturated rings. The van der Waals surface area contributed by atoms with Gasteiger partial charge >= 0.3 is 0 Å². The molecule has 0 aromatic carbocycles. The van der Waals surface area contributed by atoms with Gasteiger partial charge in [0.25, 0.3) is 0 Å². The number of allylic oxidation sites excluding steroid dienone is 2. The zero-order chi connectivity index (χ0) is 56.6. The van der Waals surface area contributed by atoms with Gasteiger partial charge in [-0.2, -0.15) is 0 Å². The summed E-state index contributed by atoms with van der Waals surface area (Å²) >= 11 is 0. The Kier molecular flexibility index (Phi) is 18.9. The van der Waals surface area contributed by atoms with Crippen molar-refractivity contribution in [2.24, 2.45) is 45.3 Å². The minimum Gasteiger partial charge on any atom is -0.394 e. The molecule has 23 nitrogen and oxygen atoms in total. The Labute approximate surface area is 450 Å². The summed E-state index contributed by atoms with van der Waals surface area (Å²) in [5.41, 5.74) is -1.59. The van der Waals surface area contributed by atoms with Crippen molar-refractivity contribution in [3.63, 3.8) is 0 Å². The van der Waals surface area contributed by atoms with Gasteiger partial charge < -0.3 is 114 Å². The Hall–Kier alpha value is -1.18. The Morgan fingerprint density at radius 2 is 1.05 bits per heavy atom. The Morgan fingerprint density at radius 1 is 0.545 bits per heavy atom. The summed E-state index contributed by atoms with van der Waals surface area (Å²) in [5.74, 6) is -0.475. The van der Waals surface area contributed by atoms with Crippen molar-refractivity contribution in [3.05, 3.63) is 11.6 Å². The lowest BCUT2D eigenvalue weighted by molar-refractivity contribution is -0.378. The van der Waals surface area contributed by atoms with Crippen molar-refractivity contribution in [2.45, 2.75) is 254 Å². The molecule has 4 unspecified atom stereocenters. The number of hydrogen-bond acceptors (Lipinski definition) is 23. The maximum absolute atomic E-state index is 12.8. The second-order valence-electron chi connectivity index (χ2n) is 25.7. The van der Waals surface area contributed by atoms with Gasteiger partial charge in [0.2, 0.25) is 0 Å². The second-order valence-corrected chi connectivity index (χ2v) is 25.7. The van der Waals surface area contributed by atoms with Crippen molar-refractivity contribution in [2.75, 3.05) is 26.4 Å². The highest BCUT2D eigenvalue weighted by atomic mass is 16.8. The minimum absolute atomic E-state index is 0.0374. The molecule has 8 aliphatic rings. The first-order valence-corrected chi connectivity index (χ1v) is 27.9. The van der Waals surface area contributed by atoms with Crippen molar-refractivity contribution in [3.8, 4) is 0 Å². The largest absolute Gasteiger partial charge is 0.394 e. The maximum Gasteiger partial charge on any atom is 0.187 e.